The van der Waals surface area contributed by atoms with Crippen molar-refractivity contribution in [3.8, 4) is 5.75 Å². The molecule has 1 amide bonds. The molecule has 1 saturated carbocycles. The third-order valence-corrected chi connectivity index (χ3v) is 5.61. The van der Waals surface area contributed by atoms with Gasteiger partial charge >= 0.3 is 0 Å². The molecule has 2 bridgehead atoms. The lowest BCUT2D eigenvalue weighted by Gasteiger charge is -2.19. The predicted molar refractivity (Wildman–Crippen MR) is 104 cm³/mol. The molecule has 4 rings (SSSR count). The van der Waals surface area contributed by atoms with E-state index in [9.17, 15) is 9.59 Å². The summed E-state index contributed by atoms with van der Waals surface area (Å²) in [5.74, 6) is 1.82. The Morgan fingerprint density at radius 3 is 2.74 bits per heavy atom. The van der Waals surface area contributed by atoms with Crippen molar-refractivity contribution < 1.29 is 9.53 Å². The quantitative estimate of drug-likeness (QED) is 0.802. The Bertz CT molecular complexity index is 917. The van der Waals surface area contributed by atoms with E-state index in [1.54, 1.807) is 17.8 Å². The third-order valence-electron chi connectivity index (χ3n) is 5.61. The second-order valence-electron chi connectivity index (χ2n) is 7.52. The van der Waals surface area contributed by atoms with E-state index >= 15 is 0 Å². The summed E-state index contributed by atoms with van der Waals surface area (Å²) in [6.07, 6.45) is 8.51. The summed E-state index contributed by atoms with van der Waals surface area (Å²) in [5, 5.41) is 3.00. The van der Waals surface area contributed by atoms with Gasteiger partial charge in [-0.3, -0.25) is 9.59 Å². The first-order chi connectivity index (χ1) is 13.1. The average molecular weight is 364 g/mol. The van der Waals surface area contributed by atoms with Gasteiger partial charge in [-0.25, -0.2) is 0 Å². The Morgan fingerprint density at radius 2 is 2.04 bits per heavy atom. The molecule has 27 heavy (non-hydrogen) atoms. The maximum Gasteiger partial charge on any atom is 0.268 e. The fraction of sp³-hybridized carbons (Fsp3) is 0.364. The predicted octanol–water partition coefficient (Wildman–Crippen LogP) is 2.91. The molecule has 0 radical (unpaired) electrons. The molecule has 1 aromatic carbocycles. The van der Waals surface area contributed by atoms with Crippen molar-refractivity contribution in [1.29, 1.82) is 0 Å². The van der Waals surface area contributed by atoms with E-state index < -0.39 is 0 Å². The zero-order valence-corrected chi connectivity index (χ0v) is 15.4. The SMILES string of the molecule is Cn1cc(OCc2ccccc2)c(=O)cc1C(=O)NC[C@H]1C[C@@H]2C=C[C@H]1C2. The van der Waals surface area contributed by atoms with Crippen LogP contribution in [0.2, 0.25) is 0 Å². The number of amides is 1. The Balaban J connectivity index is 1.39. The number of ether oxygens (including phenoxy) is 1. The van der Waals surface area contributed by atoms with Gasteiger partial charge < -0.3 is 14.6 Å². The minimum absolute atomic E-state index is 0.212. The van der Waals surface area contributed by atoms with Crippen LogP contribution in [0.1, 0.15) is 28.9 Å². The zero-order chi connectivity index (χ0) is 18.8. The first kappa shape index (κ1) is 17.6. The molecule has 3 atom stereocenters. The van der Waals surface area contributed by atoms with Gasteiger partial charge in [-0.15, -0.1) is 0 Å². The maximum absolute atomic E-state index is 12.5. The van der Waals surface area contributed by atoms with Crippen molar-refractivity contribution >= 4 is 5.91 Å². The minimum Gasteiger partial charge on any atom is -0.483 e. The molecule has 2 aromatic rings. The van der Waals surface area contributed by atoms with E-state index in [1.807, 2.05) is 30.3 Å². The molecule has 140 valence electrons. The summed E-state index contributed by atoms with van der Waals surface area (Å²) >= 11 is 0. The summed E-state index contributed by atoms with van der Waals surface area (Å²) in [5.41, 5.74) is 1.06. The largest absolute Gasteiger partial charge is 0.483 e. The summed E-state index contributed by atoms with van der Waals surface area (Å²) in [7, 11) is 1.75. The molecule has 0 saturated heterocycles. The standard InChI is InChI=1S/C22H24N2O3/c1-24-13-21(27-14-15-5-3-2-4-6-15)20(25)11-19(24)22(26)23-12-18-10-16-7-8-17(18)9-16/h2-8,11,13,16-18H,9-10,12,14H2,1H3,(H,23,26)/t16-,17+,18-/m1/s1. The van der Waals surface area contributed by atoms with Gasteiger partial charge in [-0.05, 0) is 36.2 Å². The first-order valence-electron chi connectivity index (χ1n) is 9.44. The molecular formula is C22H24N2O3. The zero-order valence-electron chi connectivity index (χ0n) is 15.4. The molecule has 1 N–H and O–H groups in total. The fourth-order valence-electron chi connectivity index (χ4n) is 4.12. The molecule has 5 nitrogen and oxygen atoms in total. The van der Waals surface area contributed by atoms with Gasteiger partial charge in [0.25, 0.3) is 5.91 Å². The van der Waals surface area contributed by atoms with Gasteiger partial charge in [0.15, 0.2) is 5.75 Å². The van der Waals surface area contributed by atoms with Crippen molar-refractivity contribution in [2.75, 3.05) is 6.54 Å². The van der Waals surface area contributed by atoms with Gasteiger partial charge in [0.1, 0.15) is 12.3 Å². The van der Waals surface area contributed by atoms with Crippen LogP contribution in [-0.4, -0.2) is 17.0 Å². The number of allylic oxidation sites excluding steroid dienone is 2. The lowest BCUT2D eigenvalue weighted by molar-refractivity contribution is 0.0935. The highest BCUT2D eigenvalue weighted by Gasteiger charge is 2.35. The summed E-state index contributed by atoms with van der Waals surface area (Å²) in [6.45, 7) is 0.976. The maximum atomic E-state index is 12.5. The number of pyridine rings is 1. The lowest BCUT2D eigenvalue weighted by Crippen LogP contribution is -2.33. The molecule has 1 aromatic heterocycles. The Labute approximate surface area is 158 Å². The van der Waals surface area contributed by atoms with Gasteiger partial charge in [-0.2, -0.15) is 0 Å². The lowest BCUT2D eigenvalue weighted by atomic mass is 9.93. The van der Waals surface area contributed by atoms with E-state index in [4.69, 9.17) is 4.74 Å². The average Bonchev–Trinajstić information content (AvgIpc) is 3.30. The summed E-state index contributed by atoms with van der Waals surface area (Å²) < 4.78 is 7.29. The second kappa shape index (κ2) is 7.43. The number of carbonyl (C=O) groups is 1. The van der Waals surface area contributed by atoms with Gasteiger partial charge in [-0.1, -0.05) is 42.5 Å². The number of carbonyl (C=O) groups excluding carboxylic acids is 1. The Hall–Kier alpha value is -2.82. The van der Waals surface area contributed by atoms with Crippen LogP contribution in [0.25, 0.3) is 0 Å². The van der Waals surface area contributed by atoms with Crippen LogP contribution in [0.3, 0.4) is 0 Å². The number of fused-ring (bicyclic) bond motifs is 2. The topological polar surface area (TPSA) is 60.3 Å². The van der Waals surface area contributed by atoms with E-state index in [-0.39, 0.29) is 17.1 Å². The van der Waals surface area contributed by atoms with Gasteiger partial charge in [0.05, 0.1) is 6.20 Å². The molecule has 1 heterocycles. The fourth-order valence-corrected chi connectivity index (χ4v) is 4.12. The Morgan fingerprint density at radius 1 is 1.22 bits per heavy atom. The number of hydrogen-bond donors (Lipinski definition) is 1. The number of nitrogens with zero attached hydrogens (tertiary/aromatic N) is 1. The van der Waals surface area contributed by atoms with Crippen LogP contribution in [0.5, 0.6) is 5.75 Å². The van der Waals surface area contributed by atoms with Crippen molar-refractivity contribution in [3.05, 3.63) is 76.2 Å². The van der Waals surface area contributed by atoms with E-state index in [1.165, 1.54) is 12.5 Å². The molecule has 2 aliphatic rings. The molecule has 2 aliphatic carbocycles. The van der Waals surface area contributed by atoms with E-state index in [0.717, 1.165) is 12.0 Å². The minimum atomic E-state index is -0.281. The summed E-state index contributed by atoms with van der Waals surface area (Å²) in [4.78, 5) is 24.9. The van der Waals surface area contributed by atoms with Crippen LogP contribution in [0, 0.1) is 17.8 Å². The molecular weight excluding hydrogens is 340 g/mol. The van der Waals surface area contributed by atoms with Crippen molar-refractivity contribution in [3.63, 3.8) is 0 Å². The number of nitrogens with one attached hydrogen (secondary N) is 1. The normalized spacial score (nSPS) is 22.8. The number of hydrogen-bond acceptors (Lipinski definition) is 3. The van der Waals surface area contributed by atoms with Crippen molar-refractivity contribution in [2.45, 2.75) is 19.4 Å². The molecule has 1 fully saturated rings. The Kier molecular flexibility index (Phi) is 4.84. The smallest absolute Gasteiger partial charge is 0.268 e. The van der Waals surface area contributed by atoms with Crippen LogP contribution < -0.4 is 15.5 Å². The van der Waals surface area contributed by atoms with Gasteiger partial charge in [0, 0.05) is 19.7 Å². The number of aryl methyl sites for hydroxylation is 1. The van der Waals surface area contributed by atoms with Crippen molar-refractivity contribution in [1.82, 2.24) is 9.88 Å². The number of benzene rings is 1. The third kappa shape index (κ3) is 3.82. The van der Waals surface area contributed by atoms with Crippen LogP contribution in [0.4, 0.5) is 0 Å². The highest BCUT2D eigenvalue weighted by atomic mass is 16.5. The van der Waals surface area contributed by atoms with Crippen molar-refractivity contribution in [2.24, 2.45) is 24.8 Å². The van der Waals surface area contributed by atoms with E-state index in [0.29, 0.717) is 36.6 Å². The molecule has 5 heteroatoms. The first-order valence-corrected chi connectivity index (χ1v) is 9.44. The highest BCUT2D eigenvalue weighted by Crippen LogP contribution is 2.42. The monoisotopic (exact) mass is 364 g/mol. The van der Waals surface area contributed by atoms with Gasteiger partial charge in [0.2, 0.25) is 5.43 Å². The molecule has 0 unspecified atom stereocenters. The molecule has 0 spiro atoms. The highest BCUT2D eigenvalue weighted by molar-refractivity contribution is 5.92. The van der Waals surface area contributed by atoms with Crippen LogP contribution >= 0.6 is 0 Å². The number of rotatable bonds is 6. The summed E-state index contributed by atoms with van der Waals surface area (Å²) in [6, 6.07) is 11.0. The van der Waals surface area contributed by atoms with E-state index in [2.05, 4.69) is 17.5 Å². The van der Waals surface area contributed by atoms with Crippen LogP contribution in [0.15, 0.2) is 59.5 Å². The van der Waals surface area contributed by atoms with Crippen LogP contribution in [-0.2, 0) is 13.7 Å². The number of aromatic nitrogens is 1. The molecule has 0 aliphatic heterocycles. The second-order valence-corrected chi connectivity index (χ2v) is 7.52.